The molecule has 2 aromatic rings. The molecule has 0 radical (unpaired) electrons. The first-order valence-corrected chi connectivity index (χ1v) is 9.60. The number of likely N-dealkylation sites (tertiary alicyclic amines) is 1. The van der Waals surface area contributed by atoms with Crippen molar-refractivity contribution in [3.05, 3.63) is 65.5 Å². The molecule has 136 valence electrons. The third-order valence-corrected chi connectivity index (χ3v) is 5.80. The van der Waals surface area contributed by atoms with Crippen LogP contribution in [0.3, 0.4) is 0 Å². The number of pyridine rings is 1. The van der Waals surface area contributed by atoms with Crippen LogP contribution in [-0.2, 0) is 11.2 Å². The largest absolute Gasteiger partial charge is 0.381 e. The van der Waals surface area contributed by atoms with Crippen molar-refractivity contribution in [3.63, 3.8) is 0 Å². The molecule has 1 aromatic carbocycles. The van der Waals surface area contributed by atoms with E-state index in [9.17, 15) is 4.79 Å². The van der Waals surface area contributed by atoms with Crippen molar-refractivity contribution < 1.29 is 9.53 Å². The minimum Gasteiger partial charge on any atom is -0.381 e. The van der Waals surface area contributed by atoms with Gasteiger partial charge in [0.15, 0.2) is 0 Å². The van der Waals surface area contributed by atoms with Gasteiger partial charge >= 0.3 is 0 Å². The van der Waals surface area contributed by atoms with Crippen LogP contribution >= 0.6 is 0 Å². The third kappa shape index (κ3) is 3.80. The molecule has 2 saturated heterocycles. The molecule has 4 nitrogen and oxygen atoms in total. The first-order valence-electron chi connectivity index (χ1n) is 9.60. The number of nitrogens with zero attached hydrogens (tertiary/aromatic N) is 2. The van der Waals surface area contributed by atoms with Crippen LogP contribution in [0.4, 0.5) is 0 Å². The average molecular weight is 350 g/mol. The Morgan fingerprint density at radius 1 is 1.04 bits per heavy atom. The van der Waals surface area contributed by atoms with Crippen LogP contribution in [0.2, 0.25) is 0 Å². The minimum atomic E-state index is 0.0711. The molecule has 1 aromatic heterocycles. The molecule has 4 heteroatoms. The molecule has 2 fully saturated rings. The van der Waals surface area contributed by atoms with Gasteiger partial charge in [0, 0.05) is 32.5 Å². The number of hydrogen-bond acceptors (Lipinski definition) is 3. The molecule has 0 bridgehead atoms. The number of rotatable bonds is 3. The van der Waals surface area contributed by atoms with Gasteiger partial charge in [0.1, 0.15) is 5.69 Å². The Kier molecular flexibility index (Phi) is 5.02. The lowest BCUT2D eigenvalue weighted by molar-refractivity contribution is -0.0230. The van der Waals surface area contributed by atoms with E-state index < -0.39 is 0 Å². The average Bonchev–Trinajstić information content (AvgIpc) is 2.69. The smallest absolute Gasteiger partial charge is 0.272 e. The Morgan fingerprint density at radius 2 is 1.85 bits per heavy atom. The molecule has 0 aliphatic carbocycles. The summed E-state index contributed by atoms with van der Waals surface area (Å²) in [5.41, 5.74) is 3.21. The van der Waals surface area contributed by atoms with Gasteiger partial charge in [0.2, 0.25) is 0 Å². The van der Waals surface area contributed by atoms with E-state index in [1.807, 2.05) is 41.4 Å². The zero-order chi connectivity index (χ0) is 17.8. The maximum Gasteiger partial charge on any atom is 0.272 e. The first-order chi connectivity index (χ1) is 12.7. The Labute approximate surface area is 155 Å². The summed E-state index contributed by atoms with van der Waals surface area (Å²) >= 11 is 0. The summed E-state index contributed by atoms with van der Waals surface area (Å²) in [4.78, 5) is 19.4. The highest BCUT2D eigenvalue weighted by Gasteiger charge is 2.38. The Balaban J connectivity index is 1.42. The summed E-state index contributed by atoms with van der Waals surface area (Å²) in [7, 11) is 0. The van der Waals surface area contributed by atoms with E-state index in [4.69, 9.17) is 4.74 Å². The Hall–Kier alpha value is -2.20. The van der Waals surface area contributed by atoms with Gasteiger partial charge < -0.3 is 9.64 Å². The van der Waals surface area contributed by atoms with Gasteiger partial charge in [0.05, 0.1) is 0 Å². The number of ether oxygens (including phenoxy) is 1. The molecule has 2 aliphatic rings. The molecule has 0 saturated carbocycles. The zero-order valence-electron chi connectivity index (χ0n) is 15.2. The highest BCUT2D eigenvalue weighted by atomic mass is 16.5. The summed E-state index contributed by atoms with van der Waals surface area (Å²) in [5.74, 6) is 0.0711. The van der Waals surface area contributed by atoms with E-state index in [0.29, 0.717) is 5.69 Å². The van der Waals surface area contributed by atoms with Crippen molar-refractivity contribution in [2.45, 2.75) is 32.1 Å². The van der Waals surface area contributed by atoms with Gasteiger partial charge in [-0.1, -0.05) is 36.4 Å². The number of hydrogen-bond donors (Lipinski definition) is 0. The lowest BCUT2D eigenvalue weighted by Gasteiger charge is -2.45. The summed E-state index contributed by atoms with van der Waals surface area (Å²) < 4.78 is 5.52. The fraction of sp³-hybridized carbons (Fsp3) is 0.455. The number of piperidine rings is 1. The monoisotopic (exact) mass is 350 g/mol. The van der Waals surface area contributed by atoms with Gasteiger partial charge in [0.25, 0.3) is 5.91 Å². The molecule has 3 heterocycles. The molecular weight excluding hydrogens is 324 g/mol. The number of benzene rings is 1. The van der Waals surface area contributed by atoms with E-state index in [2.05, 4.69) is 17.1 Å². The second-order valence-electron chi connectivity index (χ2n) is 7.66. The van der Waals surface area contributed by atoms with Gasteiger partial charge in [-0.2, -0.15) is 0 Å². The molecule has 26 heavy (non-hydrogen) atoms. The molecule has 0 atom stereocenters. The molecule has 2 aliphatic heterocycles. The number of carbonyl (C=O) groups excluding carboxylic acids is 1. The van der Waals surface area contributed by atoms with Crippen molar-refractivity contribution in [1.82, 2.24) is 9.88 Å². The van der Waals surface area contributed by atoms with Gasteiger partial charge in [-0.05, 0) is 54.7 Å². The quantitative estimate of drug-likeness (QED) is 0.847. The summed E-state index contributed by atoms with van der Waals surface area (Å²) in [6.45, 7) is 3.35. The molecule has 4 rings (SSSR count). The zero-order valence-corrected chi connectivity index (χ0v) is 15.2. The van der Waals surface area contributed by atoms with E-state index >= 15 is 0 Å². The third-order valence-electron chi connectivity index (χ3n) is 5.80. The lowest BCUT2D eigenvalue weighted by atomic mass is 9.74. The minimum absolute atomic E-state index is 0.0711. The van der Waals surface area contributed by atoms with Crippen LogP contribution in [0.1, 0.15) is 47.3 Å². The van der Waals surface area contributed by atoms with E-state index in [1.165, 1.54) is 12.0 Å². The molecule has 0 N–H and O–H groups in total. The number of amides is 1. The van der Waals surface area contributed by atoms with Crippen LogP contribution in [0.15, 0.2) is 48.7 Å². The first kappa shape index (κ1) is 17.2. The second kappa shape index (κ2) is 7.58. The van der Waals surface area contributed by atoms with Gasteiger partial charge in [-0.15, -0.1) is 0 Å². The SMILES string of the molecule is O=C(c1ccc(Cc2ccccc2)cn1)N1CCCC2(CCOCC2)C1. The summed E-state index contributed by atoms with van der Waals surface area (Å²) in [6, 6.07) is 14.2. The van der Waals surface area contributed by atoms with Gasteiger partial charge in [-0.25, -0.2) is 0 Å². The second-order valence-corrected chi connectivity index (χ2v) is 7.66. The topological polar surface area (TPSA) is 42.4 Å². The maximum atomic E-state index is 12.9. The summed E-state index contributed by atoms with van der Waals surface area (Å²) in [6.07, 6.45) is 7.12. The van der Waals surface area contributed by atoms with E-state index in [1.54, 1.807) is 0 Å². The van der Waals surface area contributed by atoms with Crippen LogP contribution in [0, 0.1) is 5.41 Å². The van der Waals surface area contributed by atoms with Crippen LogP contribution in [0.5, 0.6) is 0 Å². The lowest BCUT2D eigenvalue weighted by Crippen LogP contribution is -2.48. The highest BCUT2D eigenvalue weighted by Crippen LogP contribution is 2.39. The molecule has 1 spiro atoms. The predicted octanol–water partition coefficient (Wildman–Crippen LogP) is 3.71. The van der Waals surface area contributed by atoms with E-state index in [0.717, 1.165) is 57.6 Å². The van der Waals surface area contributed by atoms with Crippen molar-refractivity contribution in [1.29, 1.82) is 0 Å². The van der Waals surface area contributed by atoms with Gasteiger partial charge in [-0.3, -0.25) is 9.78 Å². The van der Waals surface area contributed by atoms with Crippen LogP contribution < -0.4 is 0 Å². The standard InChI is InChI=1S/C22H26N2O2/c25-21(24-12-4-9-22(17-24)10-13-26-14-11-22)20-8-7-19(16-23-20)15-18-5-2-1-3-6-18/h1-3,5-8,16H,4,9-15,17H2. The van der Waals surface area contributed by atoms with Crippen LogP contribution in [0.25, 0.3) is 0 Å². The van der Waals surface area contributed by atoms with Crippen molar-refractivity contribution >= 4 is 5.91 Å². The fourth-order valence-corrected chi connectivity index (χ4v) is 4.24. The van der Waals surface area contributed by atoms with Crippen molar-refractivity contribution in [3.8, 4) is 0 Å². The molecular formula is C22H26N2O2. The van der Waals surface area contributed by atoms with Crippen LogP contribution in [-0.4, -0.2) is 42.1 Å². The Morgan fingerprint density at radius 3 is 2.58 bits per heavy atom. The van der Waals surface area contributed by atoms with Crippen molar-refractivity contribution in [2.75, 3.05) is 26.3 Å². The highest BCUT2D eigenvalue weighted by molar-refractivity contribution is 5.92. The number of aromatic nitrogens is 1. The van der Waals surface area contributed by atoms with E-state index in [-0.39, 0.29) is 11.3 Å². The summed E-state index contributed by atoms with van der Waals surface area (Å²) in [5, 5.41) is 0. The molecule has 0 unspecified atom stereocenters. The molecule has 1 amide bonds. The van der Waals surface area contributed by atoms with Crippen molar-refractivity contribution in [2.24, 2.45) is 5.41 Å². The number of carbonyl (C=O) groups is 1. The fourth-order valence-electron chi connectivity index (χ4n) is 4.24. The Bertz CT molecular complexity index is 731. The normalized spacial score (nSPS) is 19.5. The predicted molar refractivity (Wildman–Crippen MR) is 101 cm³/mol. The maximum absolute atomic E-state index is 12.9.